The minimum absolute atomic E-state index is 0. The summed E-state index contributed by atoms with van der Waals surface area (Å²) in [5.74, 6) is 0. The fourth-order valence-corrected chi connectivity index (χ4v) is 16.6. The van der Waals surface area contributed by atoms with Gasteiger partial charge in [0.05, 0.1) is 0 Å². The fraction of sp³-hybridized carbons (Fsp3) is 0.0400. The molecule has 0 fully saturated rings. The van der Waals surface area contributed by atoms with Gasteiger partial charge < -0.3 is 5.48 Å². The Labute approximate surface area is 165 Å². The minimum Gasteiger partial charge on any atom is -0.412 e. The summed E-state index contributed by atoms with van der Waals surface area (Å²) in [6.07, 6.45) is 0. The van der Waals surface area contributed by atoms with Gasteiger partial charge in [-0.15, -0.1) is 0 Å². The van der Waals surface area contributed by atoms with Crippen LogP contribution in [0.4, 0.5) is 0 Å². The molecular formula is C25H24OSb. The number of rotatable bonds is 4. The Bertz CT molecular complexity index is 886. The van der Waals surface area contributed by atoms with Gasteiger partial charge in [0.1, 0.15) is 0 Å². The van der Waals surface area contributed by atoms with Crippen LogP contribution in [0.25, 0.3) is 0 Å². The van der Waals surface area contributed by atoms with E-state index in [4.69, 9.17) is 0 Å². The molecule has 0 aromatic heterocycles. The predicted octanol–water partition coefficient (Wildman–Crippen LogP) is 2.55. The van der Waals surface area contributed by atoms with E-state index < -0.39 is 18.8 Å². The molecule has 0 bridgehead atoms. The normalized spacial score (nSPS) is 10.9. The van der Waals surface area contributed by atoms with Crippen molar-refractivity contribution in [3.05, 3.63) is 121 Å². The fourth-order valence-electron chi connectivity index (χ4n) is 3.76. The van der Waals surface area contributed by atoms with Crippen LogP contribution in [-0.2, 0) is 0 Å². The molecule has 0 spiro atoms. The van der Waals surface area contributed by atoms with Crippen molar-refractivity contribution < 1.29 is 5.48 Å². The molecule has 4 aromatic carbocycles. The van der Waals surface area contributed by atoms with Crippen molar-refractivity contribution in [3.63, 3.8) is 0 Å². The molecule has 1 nitrogen and oxygen atoms in total. The van der Waals surface area contributed by atoms with Gasteiger partial charge in [-0.05, 0) is 0 Å². The van der Waals surface area contributed by atoms with Crippen LogP contribution >= 0.6 is 0 Å². The van der Waals surface area contributed by atoms with E-state index in [1.807, 2.05) is 0 Å². The van der Waals surface area contributed by atoms with Crippen molar-refractivity contribution in [3.8, 4) is 0 Å². The van der Waals surface area contributed by atoms with Crippen molar-refractivity contribution in [1.29, 1.82) is 0 Å². The molecule has 0 heterocycles. The van der Waals surface area contributed by atoms with Crippen LogP contribution in [0.2, 0.25) is 0 Å². The van der Waals surface area contributed by atoms with Crippen LogP contribution in [-0.4, -0.2) is 24.3 Å². The Morgan fingerprint density at radius 2 is 0.778 bits per heavy atom. The maximum absolute atomic E-state index is 3.23. The summed E-state index contributed by atoms with van der Waals surface area (Å²) in [4.78, 5) is 0. The summed E-state index contributed by atoms with van der Waals surface area (Å²) >= 11 is -3.23. The molecular weight excluding hydrogens is 438 g/mol. The number of hydrogen-bond donors (Lipinski definition) is 0. The Morgan fingerprint density at radius 3 is 1.15 bits per heavy atom. The van der Waals surface area contributed by atoms with Crippen molar-refractivity contribution >= 4 is 32.8 Å². The topological polar surface area (TPSA) is 31.5 Å². The Kier molecular flexibility index (Phi) is 6.16. The molecule has 1 radical (unpaired) electrons. The van der Waals surface area contributed by atoms with Gasteiger partial charge >= 0.3 is 161 Å². The molecule has 4 rings (SSSR count). The standard InChI is InChI=1S/C7H7.3C6H5.H2O.Sb/c1-7-5-3-2-4-6-7;3*1-2-4-6-5-3-1;;/h2-5H,1H3;3*1-5H;1H2;. The number of hydrogen-bond acceptors (Lipinski definition) is 0. The first kappa shape index (κ1) is 19.4. The van der Waals surface area contributed by atoms with Crippen LogP contribution in [0.5, 0.6) is 0 Å². The van der Waals surface area contributed by atoms with Crippen molar-refractivity contribution in [1.82, 2.24) is 0 Å². The first-order valence-electron chi connectivity index (χ1n) is 8.95. The zero-order valence-electron chi connectivity index (χ0n) is 15.4. The molecule has 0 aliphatic carbocycles. The van der Waals surface area contributed by atoms with Crippen molar-refractivity contribution in [2.24, 2.45) is 0 Å². The van der Waals surface area contributed by atoms with Crippen LogP contribution in [0.1, 0.15) is 5.56 Å². The molecule has 2 heteroatoms. The van der Waals surface area contributed by atoms with Crippen molar-refractivity contribution in [2.45, 2.75) is 6.92 Å². The van der Waals surface area contributed by atoms with E-state index in [9.17, 15) is 0 Å². The van der Waals surface area contributed by atoms with Gasteiger partial charge in [0, 0.05) is 0 Å². The van der Waals surface area contributed by atoms with Crippen LogP contribution in [0.15, 0.2) is 115 Å². The van der Waals surface area contributed by atoms with Gasteiger partial charge in [-0.25, -0.2) is 0 Å². The molecule has 0 aliphatic heterocycles. The number of benzene rings is 4. The quantitative estimate of drug-likeness (QED) is 0.418. The SMILES string of the molecule is Cc1cccc[c]1[Sb]([c]1ccccc1)([c]1ccccc1)[c]1ccccc1.O. The average molecular weight is 462 g/mol. The first-order valence-corrected chi connectivity index (χ1v) is 14.1. The smallest absolute Gasteiger partial charge is 0.412 e. The Hall–Kier alpha value is -2.34. The number of aryl methyl sites for hydroxylation is 1. The van der Waals surface area contributed by atoms with E-state index in [1.54, 1.807) is 0 Å². The summed E-state index contributed by atoms with van der Waals surface area (Å²) in [6, 6.07) is 42.4. The minimum atomic E-state index is -3.23. The van der Waals surface area contributed by atoms with Gasteiger partial charge in [0.25, 0.3) is 0 Å². The summed E-state index contributed by atoms with van der Waals surface area (Å²) in [5.41, 5.74) is 1.38. The zero-order chi connectivity index (χ0) is 17.8. The first-order chi connectivity index (χ1) is 12.8. The van der Waals surface area contributed by atoms with Crippen LogP contribution < -0.4 is 14.0 Å². The molecule has 0 unspecified atom stereocenters. The van der Waals surface area contributed by atoms with Gasteiger partial charge in [-0.1, -0.05) is 0 Å². The monoisotopic (exact) mass is 461 g/mol. The Balaban J connectivity index is 0.00000210. The molecule has 0 amide bonds. The van der Waals surface area contributed by atoms with Crippen molar-refractivity contribution in [2.75, 3.05) is 0 Å². The van der Waals surface area contributed by atoms with Gasteiger partial charge in [-0.2, -0.15) is 0 Å². The second-order valence-corrected chi connectivity index (χ2v) is 16.1. The third-order valence-corrected chi connectivity index (χ3v) is 17.6. The van der Waals surface area contributed by atoms with Gasteiger partial charge in [0.15, 0.2) is 0 Å². The summed E-state index contributed by atoms with van der Waals surface area (Å²) in [6.45, 7) is 2.26. The maximum atomic E-state index is 2.36. The molecule has 135 valence electrons. The average Bonchev–Trinajstić information content (AvgIpc) is 2.72. The van der Waals surface area contributed by atoms with Crippen LogP contribution in [0, 0.1) is 6.92 Å². The van der Waals surface area contributed by atoms with E-state index in [0.29, 0.717) is 0 Å². The molecule has 27 heavy (non-hydrogen) atoms. The molecule has 0 atom stereocenters. The van der Waals surface area contributed by atoms with Gasteiger partial charge in [0.2, 0.25) is 0 Å². The second kappa shape index (κ2) is 8.56. The third-order valence-electron chi connectivity index (χ3n) is 4.91. The predicted molar refractivity (Wildman–Crippen MR) is 118 cm³/mol. The second-order valence-electron chi connectivity index (χ2n) is 6.46. The van der Waals surface area contributed by atoms with E-state index in [2.05, 4.69) is 122 Å². The molecule has 2 N–H and O–H groups in total. The molecule has 0 saturated carbocycles. The summed E-state index contributed by atoms with van der Waals surface area (Å²) < 4.78 is 5.97. The van der Waals surface area contributed by atoms with E-state index in [1.165, 1.54) is 19.6 Å². The van der Waals surface area contributed by atoms with E-state index >= 15 is 0 Å². The summed E-state index contributed by atoms with van der Waals surface area (Å²) in [5, 5.41) is 0. The van der Waals surface area contributed by atoms with Gasteiger partial charge in [-0.3, -0.25) is 0 Å². The Morgan fingerprint density at radius 1 is 0.444 bits per heavy atom. The molecule has 0 aliphatic rings. The summed E-state index contributed by atoms with van der Waals surface area (Å²) in [7, 11) is 0. The van der Waals surface area contributed by atoms with E-state index in [0.717, 1.165) is 0 Å². The third kappa shape index (κ3) is 3.46. The molecule has 4 aromatic rings. The largest absolute Gasteiger partial charge is 0.412 e. The maximum Gasteiger partial charge on any atom is -0.412 e. The van der Waals surface area contributed by atoms with Crippen LogP contribution in [0.3, 0.4) is 0 Å². The zero-order valence-corrected chi connectivity index (χ0v) is 18.0. The molecule has 0 saturated heterocycles. The van der Waals surface area contributed by atoms with E-state index in [-0.39, 0.29) is 5.48 Å².